The average Bonchev–Trinajstić information content (AvgIpc) is 2.59. The minimum atomic E-state index is -0.317. The minimum absolute atomic E-state index is 0.109. The summed E-state index contributed by atoms with van der Waals surface area (Å²) in [5.74, 6) is 1.71. The van der Waals surface area contributed by atoms with Gasteiger partial charge >= 0.3 is 0 Å². The van der Waals surface area contributed by atoms with Crippen molar-refractivity contribution in [3.8, 4) is 0 Å². The lowest BCUT2D eigenvalue weighted by atomic mass is 9.71. The summed E-state index contributed by atoms with van der Waals surface area (Å²) in [6.07, 6.45) is 7.14. The minimum Gasteiger partial charge on any atom is -0.359 e. The van der Waals surface area contributed by atoms with Crippen molar-refractivity contribution in [1.82, 2.24) is 10.6 Å². The Hall–Kier alpha value is -0.830. The van der Waals surface area contributed by atoms with E-state index in [2.05, 4.69) is 22.8 Å². The van der Waals surface area contributed by atoms with Crippen LogP contribution in [0.25, 0.3) is 0 Å². The lowest BCUT2D eigenvalue weighted by molar-refractivity contribution is -0.128. The average molecular weight is 222 g/mol. The van der Waals surface area contributed by atoms with E-state index in [-0.39, 0.29) is 11.3 Å². The molecule has 0 radical (unpaired) electrons. The van der Waals surface area contributed by atoms with Gasteiger partial charge in [0.25, 0.3) is 0 Å². The Morgan fingerprint density at radius 1 is 1.50 bits per heavy atom. The van der Waals surface area contributed by atoms with Gasteiger partial charge in [0, 0.05) is 19.6 Å². The van der Waals surface area contributed by atoms with E-state index in [1.54, 1.807) is 7.05 Å². The Balaban J connectivity index is 1.79. The zero-order valence-electron chi connectivity index (χ0n) is 10.4. The van der Waals surface area contributed by atoms with Gasteiger partial charge in [-0.05, 0) is 38.5 Å². The molecule has 0 saturated heterocycles. The first-order chi connectivity index (χ1) is 7.54. The molecule has 2 aliphatic rings. The molecule has 90 valence electrons. The highest BCUT2D eigenvalue weighted by atomic mass is 16.2. The van der Waals surface area contributed by atoms with Crippen LogP contribution in [0.3, 0.4) is 0 Å². The topological polar surface area (TPSA) is 41.1 Å². The first kappa shape index (κ1) is 11.6. The number of carbonyl (C=O) groups is 1. The molecule has 1 fully saturated rings. The fourth-order valence-corrected chi connectivity index (χ4v) is 2.75. The van der Waals surface area contributed by atoms with Crippen molar-refractivity contribution in [2.24, 2.45) is 17.3 Å². The molecule has 3 nitrogen and oxygen atoms in total. The molecule has 0 bridgehead atoms. The zero-order valence-corrected chi connectivity index (χ0v) is 10.4. The van der Waals surface area contributed by atoms with E-state index in [1.807, 2.05) is 13.8 Å². The number of amides is 1. The summed E-state index contributed by atoms with van der Waals surface area (Å²) in [5.41, 5.74) is -0.317. The third-order valence-electron chi connectivity index (χ3n) is 4.01. The first-order valence-corrected chi connectivity index (χ1v) is 6.17. The maximum atomic E-state index is 11.6. The molecule has 2 aliphatic carbocycles. The van der Waals surface area contributed by atoms with Gasteiger partial charge < -0.3 is 10.6 Å². The van der Waals surface area contributed by atoms with Gasteiger partial charge in [-0.1, -0.05) is 12.2 Å². The van der Waals surface area contributed by atoms with E-state index in [9.17, 15) is 4.79 Å². The van der Waals surface area contributed by atoms with Gasteiger partial charge in [0.2, 0.25) is 5.91 Å². The van der Waals surface area contributed by atoms with Gasteiger partial charge in [-0.15, -0.1) is 0 Å². The number of hydrogen-bond acceptors (Lipinski definition) is 2. The van der Waals surface area contributed by atoms with Crippen LogP contribution in [0.1, 0.15) is 26.7 Å². The van der Waals surface area contributed by atoms with Crippen molar-refractivity contribution < 1.29 is 4.79 Å². The molecule has 16 heavy (non-hydrogen) atoms. The second kappa shape index (κ2) is 4.21. The highest BCUT2D eigenvalue weighted by Crippen LogP contribution is 2.42. The summed E-state index contributed by atoms with van der Waals surface area (Å²) >= 11 is 0. The SMILES string of the molecule is CNC(=O)C(C)(C)CNC1CC2CC=CC21. The Kier molecular flexibility index (Phi) is 3.06. The van der Waals surface area contributed by atoms with Crippen molar-refractivity contribution in [2.45, 2.75) is 32.7 Å². The largest absolute Gasteiger partial charge is 0.359 e. The van der Waals surface area contributed by atoms with Crippen LogP contribution in [-0.2, 0) is 4.79 Å². The Morgan fingerprint density at radius 3 is 2.88 bits per heavy atom. The van der Waals surface area contributed by atoms with Crippen LogP contribution in [0.15, 0.2) is 12.2 Å². The van der Waals surface area contributed by atoms with Gasteiger partial charge in [0.1, 0.15) is 0 Å². The molecule has 0 heterocycles. The number of allylic oxidation sites excluding steroid dienone is 1. The number of hydrogen-bond donors (Lipinski definition) is 2. The predicted octanol–water partition coefficient (Wildman–Crippen LogP) is 1.31. The molecule has 2 N–H and O–H groups in total. The summed E-state index contributed by atoms with van der Waals surface area (Å²) in [7, 11) is 1.70. The van der Waals surface area contributed by atoms with Gasteiger partial charge in [0.15, 0.2) is 0 Å². The molecule has 0 aromatic rings. The quantitative estimate of drug-likeness (QED) is 0.704. The summed E-state index contributed by atoms with van der Waals surface area (Å²) in [6, 6.07) is 0.590. The van der Waals surface area contributed by atoms with Crippen LogP contribution in [0, 0.1) is 17.3 Å². The van der Waals surface area contributed by atoms with E-state index in [1.165, 1.54) is 12.8 Å². The third kappa shape index (κ3) is 2.01. The van der Waals surface area contributed by atoms with Crippen LogP contribution in [0.2, 0.25) is 0 Å². The van der Waals surface area contributed by atoms with Crippen LogP contribution in [0.5, 0.6) is 0 Å². The Bertz CT molecular complexity index is 309. The van der Waals surface area contributed by atoms with E-state index in [4.69, 9.17) is 0 Å². The molecule has 0 aliphatic heterocycles. The van der Waals surface area contributed by atoms with E-state index in [0.717, 1.165) is 18.4 Å². The maximum Gasteiger partial charge on any atom is 0.226 e. The second-order valence-corrected chi connectivity index (χ2v) is 5.69. The standard InChI is InChI=1S/C13H22N2O/c1-13(2,12(16)14-3)8-15-11-7-9-5-4-6-10(9)11/h4,6,9-11,15H,5,7-8H2,1-3H3,(H,14,16). The lowest BCUT2D eigenvalue weighted by Gasteiger charge is -2.42. The van der Waals surface area contributed by atoms with Crippen LogP contribution in [0.4, 0.5) is 0 Å². The smallest absolute Gasteiger partial charge is 0.226 e. The number of carbonyl (C=O) groups excluding carboxylic acids is 1. The van der Waals surface area contributed by atoms with E-state index >= 15 is 0 Å². The van der Waals surface area contributed by atoms with Crippen molar-refractivity contribution in [2.75, 3.05) is 13.6 Å². The van der Waals surface area contributed by atoms with Crippen molar-refractivity contribution in [1.29, 1.82) is 0 Å². The van der Waals surface area contributed by atoms with E-state index in [0.29, 0.717) is 6.04 Å². The summed E-state index contributed by atoms with van der Waals surface area (Å²) in [5, 5.41) is 6.25. The molecule has 1 amide bonds. The summed E-state index contributed by atoms with van der Waals surface area (Å²) in [4.78, 5) is 11.6. The normalized spacial score (nSPS) is 32.1. The molecular formula is C13H22N2O. The summed E-state index contributed by atoms with van der Waals surface area (Å²) in [6.45, 7) is 4.73. The second-order valence-electron chi connectivity index (χ2n) is 5.69. The first-order valence-electron chi connectivity index (χ1n) is 6.17. The predicted molar refractivity (Wildman–Crippen MR) is 65.0 cm³/mol. The van der Waals surface area contributed by atoms with Gasteiger partial charge in [-0.2, -0.15) is 0 Å². The van der Waals surface area contributed by atoms with Gasteiger partial charge in [-0.25, -0.2) is 0 Å². The molecule has 1 saturated carbocycles. The van der Waals surface area contributed by atoms with Crippen molar-refractivity contribution in [3.05, 3.63) is 12.2 Å². The number of fused-ring (bicyclic) bond motifs is 1. The Morgan fingerprint density at radius 2 is 2.25 bits per heavy atom. The maximum absolute atomic E-state index is 11.6. The molecular weight excluding hydrogens is 200 g/mol. The highest BCUT2D eigenvalue weighted by molar-refractivity contribution is 5.81. The van der Waals surface area contributed by atoms with Crippen LogP contribution >= 0.6 is 0 Å². The zero-order chi connectivity index (χ0) is 11.8. The molecule has 3 unspecified atom stereocenters. The van der Waals surface area contributed by atoms with Crippen LogP contribution in [-0.4, -0.2) is 25.5 Å². The van der Waals surface area contributed by atoms with Crippen molar-refractivity contribution >= 4 is 5.91 Å². The number of nitrogens with one attached hydrogen (secondary N) is 2. The number of rotatable bonds is 4. The highest BCUT2D eigenvalue weighted by Gasteiger charge is 2.41. The fourth-order valence-electron chi connectivity index (χ4n) is 2.75. The lowest BCUT2D eigenvalue weighted by Crippen LogP contribution is -2.52. The van der Waals surface area contributed by atoms with E-state index < -0.39 is 0 Å². The van der Waals surface area contributed by atoms with Crippen LogP contribution < -0.4 is 10.6 Å². The molecule has 0 aromatic carbocycles. The van der Waals surface area contributed by atoms with Crippen molar-refractivity contribution in [3.63, 3.8) is 0 Å². The monoisotopic (exact) mass is 222 g/mol. The van der Waals surface area contributed by atoms with Gasteiger partial charge in [-0.3, -0.25) is 4.79 Å². The molecule has 2 rings (SSSR count). The molecule has 3 heteroatoms. The summed E-state index contributed by atoms with van der Waals surface area (Å²) < 4.78 is 0. The van der Waals surface area contributed by atoms with Gasteiger partial charge in [0.05, 0.1) is 5.41 Å². The Labute approximate surface area is 97.7 Å². The molecule has 0 spiro atoms. The molecule has 3 atom stereocenters. The third-order valence-corrected chi connectivity index (χ3v) is 4.01. The molecule has 0 aromatic heterocycles. The fraction of sp³-hybridized carbons (Fsp3) is 0.769.